The van der Waals surface area contributed by atoms with Crippen LogP contribution in [0, 0.1) is 0 Å². The zero-order valence-electron chi connectivity index (χ0n) is 11.2. The predicted molar refractivity (Wildman–Crippen MR) is 71.5 cm³/mol. The summed E-state index contributed by atoms with van der Waals surface area (Å²) in [4.78, 5) is 13.4. The quantitative estimate of drug-likeness (QED) is 0.746. The smallest absolute Gasteiger partial charge is 0.305 e. The molecule has 0 bridgehead atoms. The summed E-state index contributed by atoms with van der Waals surface area (Å²) in [7, 11) is 3.59. The van der Waals surface area contributed by atoms with Crippen LogP contribution in [-0.4, -0.2) is 37.6 Å². The van der Waals surface area contributed by atoms with Crippen molar-refractivity contribution in [2.24, 2.45) is 0 Å². The molecule has 1 aromatic carbocycles. The first-order chi connectivity index (χ1) is 8.70. The molecule has 0 atom stereocenters. The molecule has 1 aliphatic rings. The lowest BCUT2D eigenvalue weighted by Crippen LogP contribution is -2.33. The Labute approximate surface area is 109 Å². The highest BCUT2D eigenvalue weighted by Gasteiger charge is 2.23. The van der Waals surface area contributed by atoms with E-state index in [0.717, 1.165) is 25.8 Å². The number of likely N-dealkylation sites (N-methyl/N-ethyl adjacent to an activating group) is 1. The van der Waals surface area contributed by atoms with Crippen molar-refractivity contribution in [1.29, 1.82) is 0 Å². The molecule has 0 unspecified atom stereocenters. The zero-order valence-corrected chi connectivity index (χ0v) is 11.2. The Morgan fingerprint density at radius 1 is 1.33 bits per heavy atom. The topological polar surface area (TPSA) is 29.5 Å². The van der Waals surface area contributed by atoms with Gasteiger partial charge >= 0.3 is 5.97 Å². The van der Waals surface area contributed by atoms with Gasteiger partial charge < -0.3 is 9.64 Å². The fourth-order valence-corrected chi connectivity index (χ4v) is 2.60. The Morgan fingerprint density at radius 2 is 1.94 bits per heavy atom. The highest BCUT2D eigenvalue weighted by atomic mass is 16.5. The molecule has 0 heterocycles. The number of ether oxygens (including phenoxy) is 1. The van der Waals surface area contributed by atoms with Gasteiger partial charge in [-0.3, -0.25) is 4.79 Å². The molecular formula is C15H21NO2. The Balaban J connectivity index is 1.79. The van der Waals surface area contributed by atoms with E-state index in [4.69, 9.17) is 0 Å². The van der Waals surface area contributed by atoms with Gasteiger partial charge in [0, 0.05) is 12.5 Å². The molecule has 3 heteroatoms. The van der Waals surface area contributed by atoms with E-state index in [1.165, 1.54) is 18.2 Å². The lowest BCUT2D eigenvalue weighted by molar-refractivity contribution is -0.140. The van der Waals surface area contributed by atoms with Crippen molar-refractivity contribution >= 4 is 5.97 Å². The summed E-state index contributed by atoms with van der Waals surface area (Å²) in [5, 5.41) is 0. The van der Waals surface area contributed by atoms with Crippen LogP contribution in [0.15, 0.2) is 24.3 Å². The van der Waals surface area contributed by atoms with Crippen LogP contribution in [0.3, 0.4) is 0 Å². The fourth-order valence-electron chi connectivity index (χ4n) is 2.60. The summed E-state index contributed by atoms with van der Waals surface area (Å²) in [6, 6.07) is 9.24. The summed E-state index contributed by atoms with van der Waals surface area (Å²) in [5.41, 5.74) is 2.95. The average molecular weight is 247 g/mol. The number of esters is 1. The maximum Gasteiger partial charge on any atom is 0.305 e. The molecule has 3 nitrogen and oxygen atoms in total. The van der Waals surface area contributed by atoms with Crippen LogP contribution in [0.1, 0.15) is 24.0 Å². The molecule has 1 aliphatic carbocycles. The standard InChI is InChI=1S/C15H21NO2/c1-16(9-5-8-15(17)18-2)14-10-12-6-3-4-7-13(12)11-14/h3-4,6-7,14H,5,8-11H2,1-2H3. The lowest BCUT2D eigenvalue weighted by atomic mass is 10.1. The van der Waals surface area contributed by atoms with Crippen molar-refractivity contribution in [1.82, 2.24) is 4.90 Å². The van der Waals surface area contributed by atoms with Crippen molar-refractivity contribution in [2.45, 2.75) is 31.7 Å². The molecule has 1 aromatic rings. The molecule has 0 saturated carbocycles. The zero-order chi connectivity index (χ0) is 13.0. The van der Waals surface area contributed by atoms with E-state index in [1.54, 1.807) is 0 Å². The molecule has 0 N–H and O–H groups in total. The molecular weight excluding hydrogens is 226 g/mol. The fraction of sp³-hybridized carbons (Fsp3) is 0.533. The largest absolute Gasteiger partial charge is 0.469 e. The second kappa shape index (κ2) is 6.01. The molecule has 98 valence electrons. The SMILES string of the molecule is COC(=O)CCCN(C)C1Cc2ccccc2C1. The normalized spacial score (nSPS) is 14.8. The molecule has 0 radical (unpaired) electrons. The number of carbonyl (C=O) groups excluding carboxylic acids is 1. The van der Waals surface area contributed by atoms with E-state index >= 15 is 0 Å². The molecule has 0 aliphatic heterocycles. The van der Waals surface area contributed by atoms with Gasteiger partial charge in [0.05, 0.1) is 7.11 Å². The van der Waals surface area contributed by atoms with Crippen molar-refractivity contribution in [3.8, 4) is 0 Å². The predicted octanol–water partition coefficient (Wildman–Crippen LogP) is 2.04. The van der Waals surface area contributed by atoms with Crippen LogP contribution < -0.4 is 0 Å². The summed E-state index contributed by atoms with van der Waals surface area (Å²) in [5.74, 6) is -0.113. The van der Waals surface area contributed by atoms with Crippen molar-refractivity contribution < 1.29 is 9.53 Å². The first kappa shape index (κ1) is 13.1. The molecule has 0 spiro atoms. The number of nitrogens with zero attached hydrogens (tertiary/aromatic N) is 1. The number of benzene rings is 1. The molecule has 0 amide bonds. The van der Waals surface area contributed by atoms with Crippen molar-refractivity contribution in [2.75, 3.05) is 20.7 Å². The van der Waals surface area contributed by atoms with Gasteiger partial charge in [-0.25, -0.2) is 0 Å². The van der Waals surface area contributed by atoms with Crippen molar-refractivity contribution in [3.63, 3.8) is 0 Å². The number of fused-ring (bicyclic) bond motifs is 1. The van der Waals surface area contributed by atoms with Gasteiger partial charge in [0.15, 0.2) is 0 Å². The van der Waals surface area contributed by atoms with E-state index in [0.29, 0.717) is 12.5 Å². The average Bonchev–Trinajstić information content (AvgIpc) is 2.82. The first-order valence-corrected chi connectivity index (χ1v) is 6.54. The second-order valence-corrected chi connectivity index (χ2v) is 4.99. The summed E-state index contributed by atoms with van der Waals surface area (Å²) in [6.45, 7) is 0.952. The van der Waals surface area contributed by atoms with Crippen molar-refractivity contribution in [3.05, 3.63) is 35.4 Å². The Hall–Kier alpha value is -1.35. The van der Waals surface area contributed by atoms with Gasteiger partial charge in [0.25, 0.3) is 0 Å². The molecule has 0 aromatic heterocycles. The van der Waals surface area contributed by atoms with Gasteiger partial charge in [0.2, 0.25) is 0 Å². The van der Waals surface area contributed by atoms with E-state index < -0.39 is 0 Å². The van der Waals surface area contributed by atoms with E-state index in [2.05, 4.69) is 40.9 Å². The van der Waals surface area contributed by atoms with E-state index in [-0.39, 0.29) is 5.97 Å². The Morgan fingerprint density at radius 3 is 2.50 bits per heavy atom. The minimum absolute atomic E-state index is 0.113. The number of carbonyl (C=O) groups is 1. The van der Waals surface area contributed by atoms with Gasteiger partial charge in [0.1, 0.15) is 0 Å². The van der Waals surface area contributed by atoms with Crippen LogP contribution in [-0.2, 0) is 22.4 Å². The second-order valence-electron chi connectivity index (χ2n) is 4.99. The third-order valence-electron chi connectivity index (χ3n) is 3.77. The highest BCUT2D eigenvalue weighted by molar-refractivity contribution is 5.69. The third-order valence-corrected chi connectivity index (χ3v) is 3.77. The van der Waals surface area contributed by atoms with Crippen LogP contribution >= 0.6 is 0 Å². The molecule has 18 heavy (non-hydrogen) atoms. The number of methoxy groups -OCH3 is 1. The van der Waals surface area contributed by atoms with E-state index in [9.17, 15) is 4.79 Å². The molecule has 2 rings (SSSR count). The lowest BCUT2D eigenvalue weighted by Gasteiger charge is -2.23. The molecule has 0 fully saturated rings. The number of hydrogen-bond acceptors (Lipinski definition) is 3. The summed E-state index contributed by atoms with van der Waals surface area (Å²) >= 11 is 0. The van der Waals surface area contributed by atoms with Crippen LogP contribution in [0.25, 0.3) is 0 Å². The van der Waals surface area contributed by atoms with Gasteiger partial charge in [-0.2, -0.15) is 0 Å². The minimum atomic E-state index is -0.113. The van der Waals surface area contributed by atoms with Gasteiger partial charge in [-0.05, 0) is 44.0 Å². The first-order valence-electron chi connectivity index (χ1n) is 6.54. The van der Waals surface area contributed by atoms with Crippen LogP contribution in [0.4, 0.5) is 0 Å². The number of hydrogen-bond donors (Lipinski definition) is 0. The maximum atomic E-state index is 11.1. The van der Waals surface area contributed by atoms with Gasteiger partial charge in [-0.1, -0.05) is 24.3 Å². The van der Waals surface area contributed by atoms with E-state index in [1.807, 2.05) is 0 Å². The van der Waals surface area contributed by atoms with Crippen LogP contribution in [0.5, 0.6) is 0 Å². The maximum absolute atomic E-state index is 11.1. The Bertz CT molecular complexity index is 392. The Kier molecular flexibility index (Phi) is 4.37. The summed E-state index contributed by atoms with van der Waals surface area (Å²) < 4.78 is 4.65. The summed E-state index contributed by atoms with van der Waals surface area (Å²) in [6.07, 6.45) is 3.65. The van der Waals surface area contributed by atoms with Crippen LogP contribution in [0.2, 0.25) is 0 Å². The third kappa shape index (κ3) is 3.10. The minimum Gasteiger partial charge on any atom is -0.469 e. The highest BCUT2D eigenvalue weighted by Crippen LogP contribution is 2.24. The monoisotopic (exact) mass is 247 g/mol. The van der Waals surface area contributed by atoms with Gasteiger partial charge in [-0.15, -0.1) is 0 Å². The molecule has 0 saturated heterocycles. The number of rotatable bonds is 5.